The number of ether oxygens (including phenoxy) is 3. The number of hydrogen-bond acceptors (Lipinski definition) is 3. The van der Waals surface area contributed by atoms with Crippen molar-refractivity contribution in [1.29, 1.82) is 0 Å². The molecule has 0 spiro atoms. The van der Waals surface area contributed by atoms with Gasteiger partial charge >= 0.3 is 0 Å². The first-order valence-corrected chi connectivity index (χ1v) is 5.10. The summed E-state index contributed by atoms with van der Waals surface area (Å²) in [6.45, 7) is 6.79. The van der Waals surface area contributed by atoms with Crippen LogP contribution in [0.4, 0.5) is 0 Å². The minimum absolute atomic E-state index is 0.514. The summed E-state index contributed by atoms with van der Waals surface area (Å²) in [5, 5.41) is 0. The van der Waals surface area contributed by atoms with E-state index in [-0.39, 0.29) is 0 Å². The van der Waals surface area contributed by atoms with Gasteiger partial charge in [0.2, 0.25) is 0 Å². The molecule has 0 aliphatic carbocycles. The van der Waals surface area contributed by atoms with Crippen LogP contribution in [-0.2, 0) is 11.3 Å². The zero-order valence-electron chi connectivity index (χ0n) is 10.1. The van der Waals surface area contributed by atoms with Crippen molar-refractivity contribution in [3.63, 3.8) is 0 Å². The lowest BCUT2D eigenvalue weighted by Gasteiger charge is -2.10. The lowest BCUT2D eigenvalue weighted by Crippen LogP contribution is -1.99. The predicted octanol–water partition coefficient (Wildman–Crippen LogP) is 2.80. The van der Waals surface area contributed by atoms with Gasteiger partial charge in [-0.15, -0.1) is 0 Å². The van der Waals surface area contributed by atoms with Gasteiger partial charge in [-0.1, -0.05) is 12.2 Å². The zero-order chi connectivity index (χ0) is 12.0. The minimum atomic E-state index is 0.514. The van der Waals surface area contributed by atoms with Crippen LogP contribution in [0, 0.1) is 0 Å². The summed E-state index contributed by atoms with van der Waals surface area (Å²) in [5.41, 5.74) is 2.01. The average molecular weight is 222 g/mol. The average Bonchev–Trinajstić information content (AvgIpc) is 2.29. The first-order valence-electron chi connectivity index (χ1n) is 5.10. The fraction of sp³-hybridized carbons (Fsp3) is 0.385. The summed E-state index contributed by atoms with van der Waals surface area (Å²) in [5.74, 6) is 1.56. The molecule has 3 heteroatoms. The van der Waals surface area contributed by atoms with Crippen molar-refractivity contribution in [1.82, 2.24) is 0 Å². The van der Waals surface area contributed by atoms with E-state index in [2.05, 4.69) is 6.58 Å². The third-order valence-corrected chi connectivity index (χ3v) is 2.10. The molecule has 0 saturated heterocycles. The van der Waals surface area contributed by atoms with Gasteiger partial charge in [0.1, 0.15) is 11.5 Å². The highest BCUT2D eigenvalue weighted by molar-refractivity contribution is 5.40. The lowest BCUT2D eigenvalue weighted by atomic mass is 10.2. The Morgan fingerprint density at radius 3 is 2.56 bits per heavy atom. The monoisotopic (exact) mass is 222 g/mol. The fourth-order valence-corrected chi connectivity index (χ4v) is 1.31. The van der Waals surface area contributed by atoms with Crippen LogP contribution in [0.25, 0.3) is 0 Å². The summed E-state index contributed by atoms with van der Waals surface area (Å²) >= 11 is 0. The van der Waals surface area contributed by atoms with E-state index < -0.39 is 0 Å². The van der Waals surface area contributed by atoms with Crippen molar-refractivity contribution in [2.75, 3.05) is 20.8 Å². The van der Waals surface area contributed by atoms with Crippen molar-refractivity contribution in [3.8, 4) is 11.5 Å². The van der Waals surface area contributed by atoms with Gasteiger partial charge in [0, 0.05) is 11.6 Å². The zero-order valence-corrected chi connectivity index (χ0v) is 10.1. The van der Waals surface area contributed by atoms with Crippen LogP contribution in [-0.4, -0.2) is 20.8 Å². The molecule has 0 unspecified atom stereocenters. The molecule has 1 aromatic rings. The Morgan fingerprint density at radius 2 is 2.00 bits per heavy atom. The van der Waals surface area contributed by atoms with E-state index in [4.69, 9.17) is 14.2 Å². The van der Waals surface area contributed by atoms with Gasteiger partial charge < -0.3 is 14.2 Å². The van der Waals surface area contributed by atoms with Gasteiger partial charge in [-0.2, -0.15) is 0 Å². The molecule has 0 radical (unpaired) electrons. The number of rotatable bonds is 6. The maximum atomic E-state index is 5.48. The smallest absolute Gasteiger partial charge is 0.128 e. The molecule has 0 heterocycles. The molecule has 0 atom stereocenters. The first kappa shape index (κ1) is 12.6. The molecule has 0 bridgehead atoms. The number of hydrogen-bond donors (Lipinski definition) is 0. The normalized spacial score (nSPS) is 9.94. The lowest BCUT2D eigenvalue weighted by molar-refractivity contribution is 0.140. The van der Waals surface area contributed by atoms with Gasteiger partial charge in [-0.3, -0.25) is 0 Å². The third kappa shape index (κ3) is 3.59. The molecule has 0 aliphatic rings. The SMILES string of the molecule is C=C(C)COCc1ccc(OC)cc1OC. The standard InChI is InChI=1S/C13H18O3/c1-10(2)8-16-9-11-5-6-12(14-3)7-13(11)15-4/h5-7H,1,8-9H2,2-4H3. The topological polar surface area (TPSA) is 27.7 Å². The molecule has 0 saturated carbocycles. The van der Waals surface area contributed by atoms with E-state index in [9.17, 15) is 0 Å². The maximum absolute atomic E-state index is 5.48. The Kier molecular flexibility index (Phi) is 4.86. The molecule has 0 amide bonds. The fourth-order valence-electron chi connectivity index (χ4n) is 1.31. The summed E-state index contributed by atoms with van der Waals surface area (Å²) in [4.78, 5) is 0. The van der Waals surface area contributed by atoms with Gasteiger partial charge in [0.15, 0.2) is 0 Å². The molecule has 16 heavy (non-hydrogen) atoms. The van der Waals surface area contributed by atoms with Crippen LogP contribution in [0.3, 0.4) is 0 Å². The van der Waals surface area contributed by atoms with E-state index in [1.807, 2.05) is 25.1 Å². The Morgan fingerprint density at radius 1 is 1.25 bits per heavy atom. The van der Waals surface area contributed by atoms with Gasteiger partial charge in [-0.25, -0.2) is 0 Å². The molecular weight excluding hydrogens is 204 g/mol. The molecule has 1 aromatic carbocycles. The minimum Gasteiger partial charge on any atom is -0.497 e. The van der Waals surface area contributed by atoms with Crippen molar-refractivity contribution in [2.24, 2.45) is 0 Å². The molecule has 0 aromatic heterocycles. The van der Waals surface area contributed by atoms with Crippen molar-refractivity contribution >= 4 is 0 Å². The van der Waals surface area contributed by atoms with Crippen LogP contribution in [0.2, 0.25) is 0 Å². The second-order valence-electron chi connectivity index (χ2n) is 3.63. The van der Waals surface area contributed by atoms with Gasteiger partial charge in [0.25, 0.3) is 0 Å². The van der Waals surface area contributed by atoms with Crippen molar-refractivity contribution < 1.29 is 14.2 Å². The molecular formula is C13H18O3. The Hall–Kier alpha value is -1.48. The van der Waals surface area contributed by atoms with Crippen LogP contribution in [0.5, 0.6) is 11.5 Å². The van der Waals surface area contributed by atoms with E-state index >= 15 is 0 Å². The molecule has 0 N–H and O–H groups in total. The Labute approximate surface area is 96.6 Å². The second kappa shape index (κ2) is 6.18. The first-order chi connectivity index (χ1) is 7.67. The molecule has 0 fully saturated rings. The van der Waals surface area contributed by atoms with Crippen LogP contribution in [0.1, 0.15) is 12.5 Å². The van der Waals surface area contributed by atoms with Crippen LogP contribution < -0.4 is 9.47 Å². The van der Waals surface area contributed by atoms with Gasteiger partial charge in [0.05, 0.1) is 27.4 Å². The number of benzene rings is 1. The van der Waals surface area contributed by atoms with E-state index in [0.717, 1.165) is 22.6 Å². The largest absolute Gasteiger partial charge is 0.497 e. The summed E-state index contributed by atoms with van der Waals surface area (Å²) < 4.78 is 15.9. The van der Waals surface area contributed by atoms with Crippen molar-refractivity contribution in [2.45, 2.75) is 13.5 Å². The highest BCUT2D eigenvalue weighted by Gasteiger charge is 2.04. The van der Waals surface area contributed by atoms with Crippen LogP contribution in [0.15, 0.2) is 30.4 Å². The summed E-state index contributed by atoms with van der Waals surface area (Å²) in [7, 11) is 3.27. The highest BCUT2D eigenvalue weighted by Crippen LogP contribution is 2.25. The summed E-state index contributed by atoms with van der Waals surface area (Å²) in [6, 6.07) is 5.68. The van der Waals surface area contributed by atoms with E-state index in [0.29, 0.717) is 13.2 Å². The summed E-state index contributed by atoms with van der Waals surface area (Å²) in [6.07, 6.45) is 0. The highest BCUT2D eigenvalue weighted by atomic mass is 16.5. The second-order valence-corrected chi connectivity index (χ2v) is 3.63. The van der Waals surface area contributed by atoms with Gasteiger partial charge in [-0.05, 0) is 19.1 Å². The van der Waals surface area contributed by atoms with E-state index in [1.165, 1.54) is 0 Å². The Balaban J connectivity index is 2.68. The van der Waals surface area contributed by atoms with E-state index in [1.54, 1.807) is 14.2 Å². The third-order valence-electron chi connectivity index (χ3n) is 2.10. The number of methoxy groups -OCH3 is 2. The molecule has 1 rings (SSSR count). The molecule has 3 nitrogen and oxygen atoms in total. The Bertz CT molecular complexity index is 358. The quantitative estimate of drug-likeness (QED) is 0.693. The molecule has 88 valence electrons. The van der Waals surface area contributed by atoms with Crippen molar-refractivity contribution in [3.05, 3.63) is 35.9 Å². The predicted molar refractivity (Wildman–Crippen MR) is 64.0 cm³/mol. The maximum Gasteiger partial charge on any atom is 0.128 e. The molecule has 0 aliphatic heterocycles. The van der Waals surface area contributed by atoms with Crippen LogP contribution >= 0.6 is 0 Å².